The Morgan fingerprint density at radius 1 is 1.47 bits per heavy atom. The number of hydrogen-bond donors (Lipinski definition) is 3. The minimum Gasteiger partial charge on any atom is -0.394 e. The fourth-order valence-electron chi connectivity index (χ4n) is 2.10. The van der Waals surface area contributed by atoms with Gasteiger partial charge in [0.05, 0.1) is 18.7 Å². The Hall–Kier alpha value is -1.39. The maximum Gasteiger partial charge on any atom is 0.237 e. The minimum absolute atomic E-state index is 0.0228. The van der Waals surface area contributed by atoms with Crippen molar-refractivity contribution in [3.63, 3.8) is 0 Å². The van der Waals surface area contributed by atoms with E-state index in [4.69, 9.17) is 0 Å². The molecule has 2 rings (SSSR count). The Balaban J connectivity index is 1.97. The number of hydrogen-bond acceptors (Lipinski definition) is 3. The molecule has 1 fully saturated rings. The summed E-state index contributed by atoms with van der Waals surface area (Å²) < 4.78 is 0. The number of aliphatic hydroxyl groups is 1. The van der Waals surface area contributed by atoms with Crippen LogP contribution in [0, 0.1) is 0 Å². The summed E-state index contributed by atoms with van der Waals surface area (Å²) >= 11 is 0. The van der Waals surface area contributed by atoms with Crippen LogP contribution in [-0.2, 0) is 4.79 Å². The van der Waals surface area contributed by atoms with Crippen LogP contribution in [0.25, 0.3) is 0 Å². The molecule has 0 saturated carbocycles. The first-order valence-corrected chi connectivity index (χ1v) is 6.01. The summed E-state index contributed by atoms with van der Waals surface area (Å²) in [6.07, 6.45) is 1.91. The van der Waals surface area contributed by atoms with Gasteiger partial charge in [0.15, 0.2) is 0 Å². The summed E-state index contributed by atoms with van der Waals surface area (Å²) in [6, 6.07) is 9.11. The lowest BCUT2D eigenvalue weighted by Crippen LogP contribution is -2.42. The maximum absolute atomic E-state index is 11.9. The number of aliphatic hydroxyl groups excluding tert-OH is 1. The zero-order valence-electron chi connectivity index (χ0n) is 9.73. The first-order chi connectivity index (χ1) is 8.31. The van der Waals surface area contributed by atoms with Gasteiger partial charge < -0.3 is 15.7 Å². The molecular formula is C13H18N2O2. The van der Waals surface area contributed by atoms with Crippen molar-refractivity contribution in [3.8, 4) is 0 Å². The predicted molar refractivity (Wildman–Crippen MR) is 65.4 cm³/mol. The molecule has 0 unspecified atom stereocenters. The molecule has 4 heteroatoms. The lowest BCUT2D eigenvalue weighted by Gasteiger charge is -2.19. The van der Waals surface area contributed by atoms with Crippen molar-refractivity contribution in [2.45, 2.75) is 24.9 Å². The van der Waals surface area contributed by atoms with Crippen LogP contribution in [0.15, 0.2) is 30.3 Å². The van der Waals surface area contributed by atoms with E-state index < -0.39 is 0 Å². The Bertz CT molecular complexity index is 361. The molecule has 1 heterocycles. The number of carbonyl (C=O) groups is 1. The van der Waals surface area contributed by atoms with E-state index in [2.05, 4.69) is 10.6 Å². The van der Waals surface area contributed by atoms with Gasteiger partial charge >= 0.3 is 0 Å². The van der Waals surface area contributed by atoms with E-state index in [0.717, 1.165) is 24.9 Å². The number of amides is 1. The quantitative estimate of drug-likeness (QED) is 0.714. The molecular weight excluding hydrogens is 216 g/mol. The molecule has 0 radical (unpaired) electrons. The van der Waals surface area contributed by atoms with Crippen molar-refractivity contribution in [3.05, 3.63) is 35.9 Å². The topological polar surface area (TPSA) is 61.4 Å². The Morgan fingerprint density at radius 3 is 2.82 bits per heavy atom. The highest BCUT2D eigenvalue weighted by atomic mass is 16.3. The Morgan fingerprint density at radius 2 is 2.24 bits per heavy atom. The van der Waals surface area contributed by atoms with Crippen LogP contribution in [0.1, 0.15) is 24.4 Å². The molecule has 0 spiro atoms. The smallest absolute Gasteiger partial charge is 0.237 e. The fraction of sp³-hybridized carbons (Fsp3) is 0.462. The lowest BCUT2D eigenvalue weighted by molar-refractivity contribution is -0.123. The van der Waals surface area contributed by atoms with Crippen molar-refractivity contribution in [2.24, 2.45) is 0 Å². The van der Waals surface area contributed by atoms with Gasteiger partial charge in [0.25, 0.3) is 0 Å². The summed E-state index contributed by atoms with van der Waals surface area (Å²) in [7, 11) is 0. The van der Waals surface area contributed by atoms with Crippen LogP contribution in [0.2, 0.25) is 0 Å². The van der Waals surface area contributed by atoms with Crippen molar-refractivity contribution in [1.82, 2.24) is 10.6 Å². The van der Waals surface area contributed by atoms with E-state index in [1.807, 2.05) is 30.3 Å². The van der Waals surface area contributed by atoms with Gasteiger partial charge in [-0.2, -0.15) is 0 Å². The Kier molecular flexibility index (Phi) is 4.12. The zero-order chi connectivity index (χ0) is 12.1. The Labute approximate surface area is 101 Å². The van der Waals surface area contributed by atoms with Crippen LogP contribution in [0.5, 0.6) is 0 Å². The molecule has 0 bridgehead atoms. The summed E-state index contributed by atoms with van der Waals surface area (Å²) in [5, 5.41) is 15.4. The SMILES string of the molecule is O=C(N[C@@H](CO)c1ccccc1)[C@@H]1CCCN1. The van der Waals surface area contributed by atoms with Gasteiger partial charge in [-0.25, -0.2) is 0 Å². The molecule has 1 aromatic rings. The molecule has 1 saturated heterocycles. The minimum atomic E-state index is -0.314. The average molecular weight is 234 g/mol. The van der Waals surface area contributed by atoms with Crippen LogP contribution >= 0.6 is 0 Å². The van der Waals surface area contributed by atoms with Crippen molar-refractivity contribution >= 4 is 5.91 Å². The van der Waals surface area contributed by atoms with Gasteiger partial charge in [0.1, 0.15) is 0 Å². The standard InChI is InChI=1S/C13H18N2O2/c16-9-12(10-5-2-1-3-6-10)15-13(17)11-7-4-8-14-11/h1-3,5-6,11-12,14,16H,4,7-9H2,(H,15,17)/t11-,12-/m0/s1. The largest absolute Gasteiger partial charge is 0.394 e. The second-order valence-corrected chi connectivity index (χ2v) is 4.30. The molecule has 0 aliphatic carbocycles. The van der Waals surface area contributed by atoms with Gasteiger partial charge in [0.2, 0.25) is 5.91 Å². The van der Waals surface area contributed by atoms with Crippen molar-refractivity contribution in [1.29, 1.82) is 0 Å². The zero-order valence-corrected chi connectivity index (χ0v) is 9.73. The van der Waals surface area contributed by atoms with Crippen molar-refractivity contribution in [2.75, 3.05) is 13.2 Å². The van der Waals surface area contributed by atoms with Crippen LogP contribution in [0.3, 0.4) is 0 Å². The summed E-state index contributed by atoms with van der Waals surface area (Å²) in [6.45, 7) is 0.815. The lowest BCUT2D eigenvalue weighted by atomic mass is 10.1. The van der Waals surface area contributed by atoms with Gasteiger partial charge in [-0.15, -0.1) is 0 Å². The third-order valence-electron chi connectivity index (χ3n) is 3.08. The number of nitrogens with one attached hydrogen (secondary N) is 2. The summed E-state index contributed by atoms with van der Waals surface area (Å²) in [5.74, 6) is -0.0228. The summed E-state index contributed by atoms with van der Waals surface area (Å²) in [5.41, 5.74) is 0.932. The first kappa shape index (κ1) is 12.1. The molecule has 92 valence electrons. The molecule has 17 heavy (non-hydrogen) atoms. The third-order valence-corrected chi connectivity index (χ3v) is 3.08. The van der Waals surface area contributed by atoms with E-state index >= 15 is 0 Å². The van der Waals surface area contributed by atoms with Crippen LogP contribution < -0.4 is 10.6 Å². The number of benzene rings is 1. The highest BCUT2D eigenvalue weighted by molar-refractivity contribution is 5.82. The normalized spacial score (nSPS) is 21.1. The van der Waals surface area contributed by atoms with Gasteiger partial charge in [-0.1, -0.05) is 30.3 Å². The third kappa shape index (κ3) is 3.05. The second-order valence-electron chi connectivity index (χ2n) is 4.30. The average Bonchev–Trinajstić information content (AvgIpc) is 2.90. The van der Waals surface area contributed by atoms with Crippen LogP contribution in [0.4, 0.5) is 0 Å². The van der Waals surface area contributed by atoms with Gasteiger partial charge in [-0.3, -0.25) is 4.79 Å². The van der Waals surface area contributed by atoms with E-state index in [-0.39, 0.29) is 24.6 Å². The molecule has 1 aromatic carbocycles. The monoisotopic (exact) mass is 234 g/mol. The van der Waals surface area contributed by atoms with E-state index in [9.17, 15) is 9.90 Å². The van der Waals surface area contributed by atoms with E-state index in [1.165, 1.54) is 0 Å². The maximum atomic E-state index is 11.9. The molecule has 1 aliphatic heterocycles. The number of carbonyl (C=O) groups excluding carboxylic acids is 1. The van der Waals surface area contributed by atoms with Crippen LogP contribution in [-0.4, -0.2) is 30.2 Å². The molecule has 3 N–H and O–H groups in total. The molecule has 0 aromatic heterocycles. The fourth-order valence-corrected chi connectivity index (χ4v) is 2.10. The first-order valence-electron chi connectivity index (χ1n) is 6.01. The summed E-state index contributed by atoms with van der Waals surface area (Å²) in [4.78, 5) is 11.9. The highest BCUT2D eigenvalue weighted by Gasteiger charge is 2.24. The molecule has 4 nitrogen and oxygen atoms in total. The second kappa shape index (κ2) is 5.80. The van der Waals surface area contributed by atoms with E-state index in [1.54, 1.807) is 0 Å². The van der Waals surface area contributed by atoms with Gasteiger partial charge in [-0.05, 0) is 24.9 Å². The molecule has 1 amide bonds. The molecule has 2 atom stereocenters. The van der Waals surface area contributed by atoms with Gasteiger partial charge in [0, 0.05) is 0 Å². The molecule has 1 aliphatic rings. The van der Waals surface area contributed by atoms with E-state index in [0.29, 0.717) is 0 Å². The van der Waals surface area contributed by atoms with Crippen molar-refractivity contribution < 1.29 is 9.90 Å². The number of rotatable bonds is 4. The predicted octanol–water partition coefficient (Wildman–Crippen LogP) is 0.588. The highest BCUT2D eigenvalue weighted by Crippen LogP contribution is 2.13.